The Balaban J connectivity index is 1.77. The zero-order valence-corrected chi connectivity index (χ0v) is 16.2. The topological polar surface area (TPSA) is 80.9 Å². The van der Waals surface area contributed by atoms with E-state index in [0.717, 1.165) is 46.3 Å². The molecule has 0 unspecified atom stereocenters. The Labute approximate surface area is 156 Å². The van der Waals surface area contributed by atoms with Gasteiger partial charge in [0.1, 0.15) is 16.3 Å². The lowest BCUT2D eigenvalue weighted by atomic mass is 10.1. The van der Waals surface area contributed by atoms with E-state index in [1.165, 1.54) is 11.3 Å². The first-order valence-corrected chi connectivity index (χ1v) is 9.41. The number of carbonyl (C=O) groups excluding carboxylic acids is 1. The van der Waals surface area contributed by atoms with Gasteiger partial charge in [-0.3, -0.25) is 9.78 Å². The number of nitrogens with one attached hydrogen (secondary N) is 1. The van der Waals surface area contributed by atoms with Crippen molar-refractivity contribution < 1.29 is 9.32 Å². The normalized spacial score (nSPS) is 11.1. The number of pyridine rings is 1. The van der Waals surface area contributed by atoms with Crippen LogP contribution in [0, 0.1) is 13.8 Å². The number of hydrogen-bond acceptors (Lipinski definition) is 6. The van der Waals surface area contributed by atoms with Gasteiger partial charge in [0.2, 0.25) is 0 Å². The van der Waals surface area contributed by atoms with Crippen LogP contribution in [0.2, 0.25) is 0 Å². The molecule has 0 radical (unpaired) electrons. The van der Waals surface area contributed by atoms with Crippen LogP contribution in [0.15, 0.2) is 28.9 Å². The number of amides is 1. The maximum Gasteiger partial charge on any atom is 0.263 e. The Bertz CT molecular complexity index is 900. The first-order chi connectivity index (χ1) is 12.5. The number of carbonyl (C=O) groups is 1. The summed E-state index contributed by atoms with van der Waals surface area (Å²) in [4.78, 5) is 21.8. The van der Waals surface area contributed by atoms with Gasteiger partial charge < -0.3 is 9.84 Å². The third-order valence-corrected chi connectivity index (χ3v) is 5.16. The Morgan fingerprint density at radius 3 is 2.77 bits per heavy atom. The van der Waals surface area contributed by atoms with Crippen LogP contribution in [0.5, 0.6) is 0 Å². The molecular weight excluding hydrogens is 348 g/mol. The van der Waals surface area contributed by atoms with Crippen LogP contribution in [-0.4, -0.2) is 27.1 Å². The number of aryl methyl sites for hydroxylation is 3. The van der Waals surface area contributed by atoms with Gasteiger partial charge in [0.15, 0.2) is 0 Å². The molecule has 3 heterocycles. The van der Waals surface area contributed by atoms with Gasteiger partial charge in [0, 0.05) is 24.2 Å². The lowest BCUT2D eigenvalue weighted by Gasteiger charge is -2.06. The Morgan fingerprint density at radius 1 is 1.27 bits per heavy atom. The van der Waals surface area contributed by atoms with Gasteiger partial charge in [-0.2, -0.15) is 0 Å². The molecule has 0 saturated carbocycles. The first-order valence-electron chi connectivity index (χ1n) is 8.59. The van der Waals surface area contributed by atoms with Crippen molar-refractivity contribution in [2.75, 3.05) is 0 Å². The average Bonchev–Trinajstić information content (AvgIpc) is 3.16. The van der Waals surface area contributed by atoms with Crippen molar-refractivity contribution in [2.45, 2.75) is 46.6 Å². The van der Waals surface area contributed by atoms with Crippen LogP contribution in [0.3, 0.4) is 0 Å². The monoisotopic (exact) mass is 370 g/mol. The molecule has 0 saturated heterocycles. The molecule has 0 aliphatic rings. The zero-order chi connectivity index (χ0) is 18.7. The van der Waals surface area contributed by atoms with Crippen LogP contribution in [0.25, 0.3) is 11.4 Å². The minimum atomic E-state index is -0.0587. The maximum atomic E-state index is 12.2. The zero-order valence-electron chi connectivity index (χ0n) is 15.4. The molecule has 0 spiro atoms. The van der Waals surface area contributed by atoms with Crippen LogP contribution < -0.4 is 5.32 Å². The fourth-order valence-corrected chi connectivity index (χ4v) is 3.69. The SMILES string of the molecule is Cc1nc(CCc2c(-c3ccccn3)noc2C)sc1C(=O)NC(C)C. The summed E-state index contributed by atoms with van der Waals surface area (Å²) in [5, 5.41) is 8.02. The molecular formula is C19H22N4O2S. The van der Waals surface area contributed by atoms with E-state index in [1.54, 1.807) is 6.20 Å². The highest BCUT2D eigenvalue weighted by Gasteiger charge is 2.19. The summed E-state index contributed by atoms with van der Waals surface area (Å²) in [6.07, 6.45) is 3.20. The summed E-state index contributed by atoms with van der Waals surface area (Å²) in [5.74, 6) is 0.730. The van der Waals surface area contributed by atoms with Crippen molar-refractivity contribution in [3.8, 4) is 11.4 Å². The van der Waals surface area contributed by atoms with Crippen molar-refractivity contribution in [1.82, 2.24) is 20.4 Å². The van der Waals surface area contributed by atoms with E-state index in [0.29, 0.717) is 4.88 Å². The van der Waals surface area contributed by atoms with Crippen molar-refractivity contribution >= 4 is 17.2 Å². The summed E-state index contributed by atoms with van der Waals surface area (Å²) >= 11 is 1.45. The van der Waals surface area contributed by atoms with Crippen LogP contribution >= 0.6 is 11.3 Å². The van der Waals surface area contributed by atoms with Gasteiger partial charge in [-0.1, -0.05) is 11.2 Å². The maximum absolute atomic E-state index is 12.2. The van der Waals surface area contributed by atoms with E-state index in [2.05, 4.69) is 20.4 Å². The van der Waals surface area contributed by atoms with E-state index in [1.807, 2.05) is 45.9 Å². The smallest absolute Gasteiger partial charge is 0.263 e. The predicted molar refractivity (Wildman–Crippen MR) is 101 cm³/mol. The van der Waals surface area contributed by atoms with Gasteiger partial charge in [-0.15, -0.1) is 11.3 Å². The molecule has 1 N–H and O–H groups in total. The highest BCUT2D eigenvalue weighted by atomic mass is 32.1. The minimum Gasteiger partial charge on any atom is -0.361 e. The highest BCUT2D eigenvalue weighted by molar-refractivity contribution is 7.13. The first kappa shape index (κ1) is 18.3. The van der Waals surface area contributed by atoms with E-state index in [9.17, 15) is 4.79 Å². The van der Waals surface area contributed by atoms with Crippen LogP contribution in [0.1, 0.15) is 45.5 Å². The molecule has 0 atom stereocenters. The molecule has 0 aromatic carbocycles. The standard InChI is InChI=1S/C19H22N4O2S/c1-11(2)21-19(24)18-12(3)22-16(26-18)9-8-14-13(4)25-23-17(14)15-7-5-6-10-20-15/h5-7,10-11H,8-9H2,1-4H3,(H,21,24). The van der Waals surface area contributed by atoms with E-state index < -0.39 is 0 Å². The van der Waals surface area contributed by atoms with E-state index in [4.69, 9.17) is 4.52 Å². The molecule has 0 aliphatic carbocycles. The fourth-order valence-electron chi connectivity index (χ4n) is 2.72. The van der Waals surface area contributed by atoms with Gasteiger partial charge in [0.05, 0.1) is 16.4 Å². The molecule has 136 valence electrons. The number of hydrogen-bond donors (Lipinski definition) is 1. The molecule has 6 nitrogen and oxygen atoms in total. The lowest BCUT2D eigenvalue weighted by molar-refractivity contribution is 0.0946. The quantitative estimate of drug-likeness (QED) is 0.715. The number of aromatic nitrogens is 3. The lowest BCUT2D eigenvalue weighted by Crippen LogP contribution is -2.29. The number of nitrogens with zero attached hydrogens (tertiary/aromatic N) is 3. The van der Waals surface area contributed by atoms with Crippen LogP contribution in [-0.2, 0) is 12.8 Å². The third kappa shape index (κ3) is 3.99. The molecule has 3 aromatic heterocycles. The van der Waals surface area contributed by atoms with E-state index >= 15 is 0 Å². The molecule has 7 heteroatoms. The second-order valence-corrected chi connectivity index (χ2v) is 7.51. The van der Waals surface area contributed by atoms with E-state index in [-0.39, 0.29) is 11.9 Å². The molecule has 1 amide bonds. The summed E-state index contributed by atoms with van der Waals surface area (Å²) in [6, 6.07) is 5.83. The van der Waals surface area contributed by atoms with Gasteiger partial charge >= 0.3 is 0 Å². The Hall–Kier alpha value is -2.54. The Morgan fingerprint density at radius 2 is 2.08 bits per heavy atom. The largest absolute Gasteiger partial charge is 0.361 e. The molecule has 3 aromatic rings. The molecule has 0 bridgehead atoms. The van der Waals surface area contributed by atoms with Crippen molar-refractivity contribution in [3.63, 3.8) is 0 Å². The molecule has 0 aliphatic heterocycles. The number of rotatable bonds is 6. The summed E-state index contributed by atoms with van der Waals surface area (Å²) in [7, 11) is 0. The van der Waals surface area contributed by atoms with Gasteiger partial charge in [-0.25, -0.2) is 4.98 Å². The third-order valence-electron chi connectivity index (χ3n) is 3.95. The number of thiazole rings is 1. The molecule has 3 rings (SSSR count). The summed E-state index contributed by atoms with van der Waals surface area (Å²) in [5.41, 5.74) is 3.38. The van der Waals surface area contributed by atoms with Crippen LogP contribution in [0.4, 0.5) is 0 Å². The second kappa shape index (κ2) is 7.78. The Kier molecular flexibility index (Phi) is 5.46. The average molecular weight is 370 g/mol. The summed E-state index contributed by atoms with van der Waals surface area (Å²) < 4.78 is 5.38. The molecule has 0 fully saturated rings. The van der Waals surface area contributed by atoms with Gasteiger partial charge in [0.25, 0.3) is 5.91 Å². The molecule has 26 heavy (non-hydrogen) atoms. The van der Waals surface area contributed by atoms with Crippen molar-refractivity contribution in [3.05, 3.63) is 51.3 Å². The van der Waals surface area contributed by atoms with Crippen molar-refractivity contribution in [1.29, 1.82) is 0 Å². The van der Waals surface area contributed by atoms with Gasteiger partial charge in [-0.05, 0) is 46.2 Å². The second-order valence-electron chi connectivity index (χ2n) is 6.43. The van der Waals surface area contributed by atoms with Crippen molar-refractivity contribution in [2.24, 2.45) is 0 Å². The predicted octanol–water partition coefficient (Wildman–Crippen LogP) is 3.73. The highest BCUT2D eigenvalue weighted by Crippen LogP contribution is 2.26. The minimum absolute atomic E-state index is 0.0587. The fraction of sp³-hybridized carbons (Fsp3) is 0.368. The summed E-state index contributed by atoms with van der Waals surface area (Å²) in [6.45, 7) is 7.68.